The second-order valence-electron chi connectivity index (χ2n) is 10.0. The van der Waals surface area contributed by atoms with Crippen LogP contribution in [0.15, 0.2) is 59.1 Å². The standard InChI is InChI=1S/C30H39N3O4/c1-4-36-29(34)25-20(2)32-21(3)26(30(35)37-18-12-11-15-22-13-7-5-8-14-22)27(25)24-19-31-28(33-24)23-16-9-6-10-17-23/h6,9-10,16-17,19,22,27,32H,4-5,7-8,11-15,18H2,1-3H3,(H,31,33). The molecule has 2 aromatic rings. The number of rotatable bonds is 10. The molecule has 7 heteroatoms. The first-order valence-electron chi connectivity index (χ1n) is 13.6. The molecule has 2 aliphatic rings. The molecule has 1 aliphatic heterocycles. The third-order valence-corrected chi connectivity index (χ3v) is 7.39. The smallest absolute Gasteiger partial charge is 0.336 e. The Hall–Kier alpha value is -3.35. The topological polar surface area (TPSA) is 93.3 Å². The number of hydrogen-bond donors (Lipinski definition) is 2. The van der Waals surface area contributed by atoms with Gasteiger partial charge in [0, 0.05) is 28.8 Å². The number of H-pyrrole nitrogens is 1. The van der Waals surface area contributed by atoms with Crippen molar-refractivity contribution in [2.45, 2.75) is 78.1 Å². The van der Waals surface area contributed by atoms with Crippen molar-refractivity contribution in [1.82, 2.24) is 15.3 Å². The summed E-state index contributed by atoms with van der Waals surface area (Å²) in [5.41, 5.74) is 3.68. The number of carbonyl (C=O) groups excluding carboxylic acids is 2. The van der Waals surface area contributed by atoms with E-state index in [0.717, 1.165) is 24.3 Å². The van der Waals surface area contributed by atoms with Crippen LogP contribution in [-0.2, 0) is 19.1 Å². The van der Waals surface area contributed by atoms with Crippen LogP contribution in [0.2, 0.25) is 0 Å². The summed E-state index contributed by atoms with van der Waals surface area (Å²) in [6.07, 6.45) is 11.5. The van der Waals surface area contributed by atoms with Gasteiger partial charge in [-0.2, -0.15) is 0 Å². The number of allylic oxidation sites excluding steroid dienone is 2. The van der Waals surface area contributed by atoms with Gasteiger partial charge in [0.05, 0.1) is 30.3 Å². The molecule has 0 spiro atoms. The van der Waals surface area contributed by atoms with Gasteiger partial charge in [0.15, 0.2) is 0 Å². The molecule has 1 aromatic carbocycles. The van der Waals surface area contributed by atoms with Gasteiger partial charge in [0.25, 0.3) is 0 Å². The summed E-state index contributed by atoms with van der Waals surface area (Å²) in [4.78, 5) is 34.4. The summed E-state index contributed by atoms with van der Waals surface area (Å²) in [5.74, 6) is -0.0553. The second kappa shape index (κ2) is 12.7. The van der Waals surface area contributed by atoms with Crippen LogP contribution < -0.4 is 5.32 Å². The molecule has 37 heavy (non-hydrogen) atoms. The average Bonchev–Trinajstić information content (AvgIpc) is 3.39. The summed E-state index contributed by atoms with van der Waals surface area (Å²) in [7, 11) is 0. The van der Waals surface area contributed by atoms with Gasteiger partial charge in [-0.25, -0.2) is 14.6 Å². The number of carbonyl (C=O) groups is 2. The quantitative estimate of drug-likeness (QED) is 0.296. The van der Waals surface area contributed by atoms with E-state index in [2.05, 4.69) is 15.3 Å². The number of nitrogens with zero attached hydrogens (tertiary/aromatic N) is 1. The number of ether oxygens (including phenoxy) is 2. The number of aromatic amines is 1. The Labute approximate surface area is 219 Å². The average molecular weight is 506 g/mol. The molecule has 1 aliphatic carbocycles. The Bertz CT molecular complexity index is 1140. The Morgan fingerprint density at radius 2 is 1.62 bits per heavy atom. The van der Waals surface area contributed by atoms with E-state index >= 15 is 0 Å². The lowest BCUT2D eigenvalue weighted by atomic mass is 9.83. The molecule has 0 radical (unpaired) electrons. The molecule has 0 bridgehead atoms. The van der Waals surface area contributed by atoms with Gasteiger partial charge in [0.1, 0.15) is 5.82 Å². The first kappa shape index (κ1) is 26.7. The predicted octanol–water partition coefficient (Wildman–Crippen LogP) is 6.17. The van der Waals surface area contributed by atoms with Crippen molar-refractivity contribution in [3.63, 3.8) is 0 Å². The maximum absolute atomic E-state index is 13.4. The molecule has 0 saturated heterocycles. The minimum absolute atomic E-state index is 0.240. The van der Waals surface area contributed by atoms with Gasteiger partial charge in [-0.05, 0) is 39.5 Å². The molecule has 7 nitrogen and oxygen atoms in total. The highest BCUT2D eigenvalue weighted by Gasteiger charge is 2.39. The summed E-state index contributed by atoms with van der Waals surface area (Å²) in [6.45, 7) is 6.04. The van der Waals surface area contributed by atoms with Gasteiger partial charge >= 0.3 is 11.9 Å². The molecule has 4 rings (SSSR count). The van der Waals surface area contributed by atoms with E-state index in [4.69, 9.17) is 9.47 Å². The van der Waals surface area contributed by atoms with E-state index in [9.17, 15) is 9.59 Å². The number of aromatic nitrogens is 2. The fraction of sp³-hybridized carbons (Fsp3) is 0.500. The molecule has 1 unspecified atom stereocenters. The van der Waals surface area contributed by atoms with Crippen molar-refractivity contribution in [3.05, 3.63) is 64.8 Å². The lowest BCUT2D eigenvalue weighted by Crippen LogP contribution is -2.32. The summed E-state index contributed by atoms with van der Waals surface area (Å²) >= 11 is 0. The van der Waals surface area contributed by atoms with Crippen molar-refractivity contribution in [2.75, 3.05) is 13.2 Å². The predicted molar refractivity (Wildman–Crippen MR) is 143 cm³/mol. The largest absolute Gasteiger partial charge is 0.463 e. The number of benzene rings is 1. The third-order valence-electron chi connectivity index (χ3n) is 7.39. The van der Waals surface area contributed by atoms with Crippen LogP contribution in [0.25, 0.3) is 11.4 Å². The summed E-state index contributed by atoms with van der Waals surface area (Å²) in [6, 6.07) is 9.75. The fourth-order valence-electron chi connectivity index (χ4n) is 5.53. The van der Waals surface area contributed by atoms with Crippen LogP contribution in [0.4, 0.5) is 0 Å². The highest BCUT2D eigenvalue weighted by molar-refractivity contribution is 5.99. The van der Waals surface area contributed by atoms with Crippen LogP contribution in [0.1, 0.15) is 83.7 Å². The van der Waals surface area contributed by atoms with Crippen molar-refractivity contribution in [2.24, 2.45) is 5.92 Å². The van der Waals surface area contributed by atoms with E-state index < -0.39 is 17.9 Å². The zero-order valence-corrected chi connectivity index (χ0v) is 22.3. The van der Waals surface area contributed by atoms with E-state index in [1.807, 2.05) is 44.2 Å². The van der Waals surface area contributed by atoms with E-state index in [1.54, 1.807) is 13.1 Å². The maximum atomic E-state index is 13.4. The molecule has 1 aromatic heterocycles. The first-order valence-corrected chi connectivity index (χ1v) is 13.6. The highest BCUT2D eigenvalue weighted by atomic mass is 16.5. The molecule has 1 atom stereocenters. The van der Waals surface area contributed by atoms with Gasteiger partial charge in [0.2, 0.25) is 0 Å². The van der Waals surface area contributed by atoms with Crippen LogP contribution in [0.3, 0.4) is 0 Å². The molecule has 1 saturated carbocycles. The van der Waals surface area contributed by atoms with Gasteiger partial charge in [-0.15, -0.1) is 0 Å². The minimum Gasteiger partial charge on any atom is -0.463 e. The molecular weight excluding hydrogens is 466 g/mol. The second-order valence-corrected chi connectivity index (χ2v) is 10.0. The minimum atomic E-state index is -0.667. The van der Waals surface area contributed by atoms with Gasteiger partial charge in [-0.3, -0.25) is 0 Å². The van der Waals surface area contributed by atoms with Crippen LogP contribution >= 0.6 is 0 Å². The Morgan fingerprint density at radius 1 is 0.946 bits per heavy atom. The van der Waals surface area contributed by atoms with Gasteiger partial charge in [-0.1, -0.05) is 68.9 Å². The molecule has 2 N–H and O–H groups in total. The fourth-order valence-corrected chi connectivity index (χ4v) is 5.53. The molecule has 2 heterocycles. The zero-order chi connectivity index (χ0) is 26.2. The van der Waals surface area contributed by atoms with Crippen molar-refractivity contribution in [1.29, 1.82) is 0 Å². The van der Waals surface area contributed by atoms with E-state index in [0.29, 0.717) is 40.7 Å². The molecule has 0 amide bonds. The Balaban J connectivity index is 1.52. The SMILES string of the molecule is CCOC(=O)C1=C(C)NC(C)=C(C(=O)OCCCCC2CCCCC2)C1c1cnc(-c2ccccc2)[nH]1. The number of esters is 2. The molecular formula is C30H39N3O4. The molecule has 198 valence electrons. The van der Waals surface area contributed by atoms with E-state index in [1.165, 1.54) is 38.5 Å². The van der Waals surface area contributed by atoms with Crippen LogP contribution in [0, 0.1) is 5.92 Å². The summed E-state index contributed by atoms with van der Waals surface area (Å²) < 4.78 is 11.1. The summed E-state index contributed by atoms with van der Waals surface area (Å²) in [5, 5.41) is 3.21. The first-order chi connectivity index (χ1) is 18.0. The third kappa shape index (κ3) is 6.51. The number of dihydropyridines is 1. The monoisotopic (exact) mass is 505 g/mol. The lowest BCUT2D eigenvalue weighted by Gasteiger charge is -2.29. The lowest BCUT2D eigenvalue weighted by molar-refractivity contribution is -0.140. The maximum Gasteiger partial charge on any atom is 0.336 e. The highest BCUT2D eigenvalue weighted by Crippen LogP contribution is 2.39. The number of unbranched alkanes of at least 4 members (excludes halogenated alkanes) is 1. The number of hydrogen-bond acceptors (Lipinski definition) is 6. The molecule has 1 fully saturated rings. The van der Waals surface area contributed by atoms with E-state index in [-0.39, 0.29) is 6.61 Å². The van der Waals surface area contributed by atoms with Crippen LogP contribution in [-0.4, -0.2) is 35.1 Å². The normalized spacial score (nSPS) is 18.5. The zero-order valence-electron chi connectivity index (χ0n) is 22.3. The number of imidazole rings is 1. The van der Waals surface area contributed by atoms with Crippen LogP contribution in [0.5, 0.6) is 0 Å². The Kier molecular flexibility index (Phi) is 9.20. The van der Waals surface area contributed by atoms with Crippen molar-refractivity contribution < 1.29 is 19.1 Å². The van der Waals surface area contributed by atoms with Gasteiger partial charge < -0.3 is 19.8 Å². The number of nitrogens with one attached hydrogen (secondary N) is 2. The van der Waals surface area contributed by atoms with Crippen molar-refractivity contribution in [3.8, 4) is 11.4 Å². The van der Waals surface area contributed by atoms with Crippen molar-refractivity contribution >= 4 is 11.9 Å². The Morgan fingerprint density at radius 3 is 2.30 bits per heavy atom.